The summed E-state index contributed by atoms with van der Waals surface area (Å²) in [6.45, 7) is 2.94. The maximum Gasteiger partial charge on any atom is 0.416 e. The Kier molecular flexibility index (Phi) is 4.54. The normalized spacial score (nSPS) is 14.7. The van der Waals surface area contributed by atoms with E-state index in [-0.39, 0.29) is 0 Å². The van der Waals surface area contributed by atoms with Gasteiger partial charge in [0.2, 0.25) is 0 Å². The molecule has 27 heavy (non-hydrogen) atoms. The molecule has 0 amide bonds. The number of aromatic nitrogens is 2. The van der Waals surface area contributed by atoms with Crippen LogP contribution in [0.25, 0.3) is 16.9 Å². The van der Waals surface area contributed by atoms with E-state index >= 15 is 0 Å². The van der Waals surface area contributed by atoms with Gasteiger partial charge >= 0.3 is 6.18 Å². The summed E-state index contributed by atoms with van der Waals surface area (Å²) in [5.41, 5.74) is 3.29. The highest BCUT2D eigenvalue weighted by Gasteiger charge is 2.32. The van der Waals surface area contributed by atoms with Crippen molar-refractivity contribution >= 4 is 0 Å². The maximum atomic E-state index is 13.2. The fourth-order valence-electron chi connectivity index (χ4n) is 3.78. The molecule has 2 heterocycles. The van der Waals surface area contributed by atoms with Gasteiger partial charge in [0.1, 0.15) is 11.9 Å². The number of aryl methyl sites for hydroxylation is 1. The standard InChI is InChI=1S/C22H22F3N2/c1-16-9-11-17(12-10-16)20-15-27(21-8-3-2-4-13-26(20)21)19-7-5-6-18(14-19)22(23,24)25/h5-7,9-12,14-15H,2-4,8,13H2,1H3/q+1. The third-order valence-electron chi connectivity index (χ3n) is 5.21. The van der Waals surface area contributed by atoms with E-state index in [4.69, 9.17) is 0 Å². The Labute approximate surface area is 156 Å². The van der Waals surface area contributed by atoms with Gasteiger partial charge in [0.25, 0.3) is 5.82 Å². The number of benzene rings is 2. The average Bonchev–Trinajstić information content (AvgIpc) is 2.83. The number of rotatable bonds is 2. The Balaban J connectivity index is 1.88. The van der Waals surface area contributed by atoms with E-state index in [1.54, 1.807) is 6.07 Å². The van der Waals surface area contributed by atoms with Gasteiger partial charge in [0.05, 0.1) is 12.1 Å². The van der Waals surface area contributed by atoms with Crippen molar-refractivity contribution in [1.29, 1.82) is 0 Å². The van der Waals surface area contributed by atoms with Gasteiger partial charge in [-0.05, 0) is 44.4 Å². The first kappa shape index (κ1) is 17.8. The van der Waals surface area contributed by atoms with Gasteiger partial charge in [0.15, 0.2) is 5.69 Å². The number of halogens is 3. The molecule has 0 saturated carbocycles. The van der Waals surface area contributed by atoms with Crippen LogP contribution in [0.15, 0.2) is 54.7 Å². The van der Waals surface area contributed by atoms with Gasteiger partial charge in [-0.3, -0.25) is 0 Å². The molecule has 1 aliphatic rings. The molecular weight excluding hydrogens is 349 g/mol. The molecule has 1 aromatic heterocycles. The Morgan fingerprint density at radius 3 is 2.48 bits per heavy atom. The number of nitrogens with zero attached hydrogens (tertiary/aromatic N) is 2. The molecule has 140 valence electrons. The van der Waals surface area contributed by atoms with Crippen molar-refractivity contribution in [2.75, 3.05) is 0 Å². The van der Waals surface area contributed by atoms with E-state index in [9.17, 15) is 13.2 Å². The van der Waals surface area contributed by atoms with Crippen LogP contribution < -0.4 is 4.57 Å². The van der Waals surface area contributed by atoms with Crippen LogP contribution in [-0.4, -0.2) is 4.57 Å². The smallest absolute Gasteiger partial charge is 0.227 e. The summed E-state index contributed by atoms with van der Waals surface area (Å²) in [5, 5.41) is 0. The molecular formula is C22H22F3N2+. The molecule has 2 aromatic carbocycles. The third kappa shape index (κ3) is 3.51. The summed E-state index contributed by atoms with van der Waals surface area (Å²) in [4.78, 5) is 0. The molecule has 2 nitrogen and oxygen atoms in total. The van der Waals surface area contributed by atoms with Crippen LogP contribution in [0.4, 0.5) is 13.2 Å². The quantitative estimate of drug-likeness (QED) is 0.527. The molecule has 5 heteroatoms. The molecule has 0 bridgehead atoms. The predicted molar refractivity (Wildman–Crippen MR) is 98.7 cm³/mol. The molecule has 4 rings (SSSR count). The van der Waals surface area contributed by atoms with Crippen LogP contribution in [0, 0.1) is 6.92 Å². The fourth-order valence-corrected chi connectivity index (χ4v) is 3.78. The molecule has 1 aliphatic heterocycles. The van der Waals surface area contributed by atoms with Crippen LogP contribution in [0.1, 0.15) is 36.2 Å². The van der Waals surface area contributed by atoms with E-state index in [0.717, 1.165) is 55.4 Å². The van der Waals surface area contributed by atoms with Crippen LogP contribution in [0.3, 0.4) is 0 Å². The molecule has 0 atom stereocenters. The minimum Gasteiger partial charge on any atom is -0.227 e. The molecule has 0 radical (unpaired) electrons. The summed E-state index contributed by atoms with van der Waals surface area (Å²) in [5.74, 6) is 1.07. The molecule has 0 saturated heterocycles. The average molecular weight is 371 g/mol. The number of fused-ring (bicyclic) bond motifs is 1. The van der Waals surface area contributed by atoms with Gasteiger partial charge in [-0.15, -0.1) is 0 Å². The first-order valence-electron chi connectivity index (χ1n) is 9.32. The highest BCUT2D eigenvalue weighted by atomic mass is 19.4. The van der Waals surface area contributed by atoms with Gasteiger partial charge in [-0.2, -0.15) is 17.7 Å². The van der Waals surface area contributed by atoms with E-state index in [2.05, 4.69) is 28.8 Å². The van der Waals surface area contributed by atoms with Gasteiger partial charge in [-0.25, -0.2) is 4.57 Å². The topological polar surface area (TPSA) is 8.81 Å². The lowest BCUT2D eigenvalue weighted by atomic mass is 10.1. The number of imidazole rings is 1. The number of hydrogen-bond donors (Lipinski definition) is 0. The lowest BCUT2D eigenvalue weighted by Gasteiger charge is -2.08. The van der Waals surface area contributed by atoms with E-state index < -0.39 is 11.7 Å². The molecule has 0 fully saturated rings. The third-order valence-corrected chi connectivity index (χ3v) is 5.21. The highest BCUT2D eigenvalue weighted by Crippen LogP contribution is 2.31. The molecule has 3 aromatic rings. The predicted octanol–water partition coefficient (Wildman–Crippen LogP) is 5.49. The number of alkyl halides is 3. The van der Waals surface area contributed by atoms with Crippen LogP contribution >= 0.6 is 0 Å². The van der Waals surface area contributed by atoms with Crippen LogP contribution in [0.5, 0.6) is 0 Å². The van der Waals surface area contributed by atoms with E-state index in [0.29, 0.717) is 5.69 Å². The Morgan fingerprint density at radius 1 is 0.963 bits per heavy atom. The second-order valence-electron chi connectivity index (χ2n) is 7.18. The second kappa shape index (κ2) is 6.87. The van der Waals surface area contributed by atoms with Crippen molar-refractivity contribution in [2.45, 2.75) is 45.3 Å². The molecule has 0 N–H and O–H groups in total. The van der Waals surface area contributed by atoms with Crippen molar-refractivity contribution in [3.8, 4) is 16.9 Å². The SMILES string of the molecule is Cc1ccc(-c2cn(-c3cccc(C(F)(F)F)c3)c3[n+]2CCCCC3)cc1. The molecule has 0 spiro atoms. The molecule has 0 aliphatic carbocycles. The monoisotopic (exact) mass is 371 g/mol. The summed E-state index contributed by atoms with van der Waals surface area (Å²) >= 11 is 0. The second-order valence-corrected chi connectivity index (χ2v) is 7.18. The van der Waals surface area contributed by atoms with Crippen molar-refractivity contribution in [3.63, 3.8) is 0 Å². The minimum atomic E-state index is -4.34. The first-order valence-corrected chi connectivity index (χ1v) is 9.32. The minimum absolute atomic E-state index is 0.564. The zero-order chi connectivity index (χ0) is 19.0. The Hall–Kier alpha value is -2.56. The fraction of sp³-hybridized carbons (Fsp3) is 0.318. The molecule has 0 unspecified atom stereocenters. The van der Waals surface area contributed by atoms with Gasteiger partial charge in [-0.1, -0.05) is 35.9 Å². The lowest BCUT2D eigenvalue weighted by Crippen LogP contribution is -2.38. The largest absolute Gasteiger partial charge is 0.416 e. The highest BCUT2D eigenvalue weighted by molar-refractivity contribution is 5.57. The Bertz CT molecular complexity index is 953. The summed E-state index contributed by atoms with van der Waals surface area (Å²) in [6.07, 6.45) is 1.78. The Morgan fingerprint density at radius 2 is 1.74 bits per heavy atom. The number of hydrogen-bond acceptors (Lipinski definition) is 0. The van der Waals surface area contributed by atoms with E-state index in [1.165, 1.54) is 17.7 Å². The van der Waals surface area contributed by atoms with Crippen molar-refractivity contribution in [2.24, 2.45) is 0 Å². The summed E-state index contributed by atoms with van der Waals surface area (Å²) < 4.78 is 43.8. The van der Waals surface area contributed by atoms with E-state index in [1.807, 2.05) is 17.7 Å². The summed E-state index contributed by atoms with van der Waals surface area (Å²) in [6, 6.07) is 13.9. The van der Waals surface area contributed by atoms with Crippen molar-refractivity contribution in [1.82, 2.24) is 4.57 Å². The van der Waals surface area contributed by atoms with Gasteiger partial charge < -0.3 is 0 Å². The summed E-state index contributed by atoms with van der Waals surface area (Å²) in [7, 11) is 0. The zero-order valence-corrected chi connectivity index (χ0v) is 15.3. The maximum absolute atomic E-state index is 13.2. The first-order chi connectivity index (χ1) is 12.9. The lowest BCUT2D eigenvalue weighted by molar-refractivity contribution is -0.692. The van der Waals surface area contributed by atoms with Crippen LogP contribution in [-0.2, 0) is 19.1 Å². The van der Waals surface area contributed by atoms with Gasteiger partial charge in [0, 0.05) is 12.0 Å². The van der Waals surface area contributed by atoms with Crippen LogP contribution in [0.2, 0.25) is 0 Å². The zero-order valence-electron chi connectivity index (χ0n) is 15.3. The van der Waals surface area contributed by atoms with Crippen molar-refractivity contribution in [3.05, 3.63) is 71.7 Å². The van der Waals surface area contributed by atoms with Crippen molar-refractivity contribution < 1.29 is 17.7 Å².